The zero-order valence-corrected chi connectivity index (χ0v) is 21.4. The van der Waals surface area contributed by atoms with Crippen LogP contribution in [-0.2, 0) is 14.3 Å². The number of carbonyl (C=O) groups excluding carboxylic acids is 4. The van der Waals surface area contributed by atoms with Crippen molar-refractivity contribution in [2.24, 2.45) is 0 Å². The average molecular weight is 559 g/mol. The van der Waals surface area contributed by atoms with Gasteiger partial charge in [0.2, 0.25) is 0 Å². The maximum absolute atomic E-state index is 13.1. The van der Waals surface area contributed by atoms with E-state index in [4.69, 9.17) is 39.5 Å². The van der Waals surface area contributed by atoms with E-state index in [1.165, 1.54) is 36.4 Å². The molecule has 11 heteroatoms. The first-order chi connectivity index (χ1) is 17.7. The number of hydrogen-bond acceptors (Lipinski definition) is 6. The van der Waals surface area contributed by atoms with E-state index in [1.807, 2.05) is 0 Å². The minimum atomic E-state index is -0.746. The molecular weight excluding hydrogens is 541 g/mol. The summed E-state index contributed by atoms with van der Waals surface area (Å²) < 4.78 is 4.97. The van der Waals surface area contributed by atoms with Crippen LogP contribution in [0.5, 0.6) is 0 Å². The average Bonchev–Trinajstić information content (AvgIpc) is 3.10. The standard InChI is InChI=1S/C26H18Cl3N3O5/c1-2-37-26(36)15-5-3-6-17(13-15)32-24(34)21(29)22(25(32)35)30-16-11-9-14(10-12-16)23(33)31-19-8-4-7-18(27)20(19)28/h3-13,30H,2H2,1H3,(H,31,33). The van der Waals surface area contributed by atoms with Gasteiger partial charge >= 0.3 is 5.97 Å². The van der Waals surface area contributed by atoms with Crippen LogP contribution in [0.25, 0.3) is 0 Å². The summed E-state index contributed by atoms with van der Waals surface area (Å²) in [6.07, 6.45) is 0. The maximum Gasteiger partial charge on any atom is 0.338 e. The molecule has 1 heterocycles. The minimum Gasteiger partial charge on any atom is -0.462 e. The third-order valence-corrected chi connectivity index (χ3v) is 6.43. The Morgan fingerprint density at radius 2 is 1.59 bits per heavy atom. The van der Waals surface area contributed by atoms with Crippen LogP contribution in [-0.4, -0.2) is 30.3 Å². The molecule has 0 fully saturated rings. The number of halogens is 3. The van der Waals surface area contributed by atoms with Gasteiger partial charge in [0.25, 0.3) is 17.7 Å². The number of hydrogen-bond donors (Lipinski definition) is 2. The van der Waals surface area contributed by atoms with E-state index in [9.17, 15) is 19.2 Å². The molecule has 37 heavy (non-hydrogen) atoms. The van der Waals surface area contributed by atoms with Crippen LogP contribution in [0.15, 0.2) is 77.5 Å². The molecule has 1 aliphatic rings. The maximum atomic E-state index is 13.1. The Morgan fingerprint density at radius 1 is 0.892 bits per heavy atom. The van der Waals surface area contributed by atoms with Gasteiger partial charge in [-0.2, -0.15) is 0 Å². The van der Waals surface area contributed by atoms with E-state index in [-0.39, 0.29) is 33.6 Å². The summed E-state index contributed by atoms with van der Waals surface area (Å²) in [5.41, 5.74) is 1.30. The van der Waals surface area contributed by atoms with E-state index >= 15 is 0 Å². The Morgan fingerprint density at radius 3 is 2.30 bits per heavy atom. The predicted octanol–water partition coefficient (Wildman–Crippen LogP) is 5.86. The number of nitrogens with one attached hydrogen (secondary N) is 2. The van der Waals surface area contributed by atoms with Gasteiger partial charge in [0.05, 0.1) is 33.6 Å². The second kappa shape index (κ2) is 11.0. The van der Waals surface area contributed by atoms with Crippen molar-refractivity contribution in [1.29, 1.82) is 0 Å². The molecule has 0 saturated heterocycles. The van der Waals surface area contributed by atoms with Gasteiger partial charge in [-0.1, -0.05) is 46.9 Å². The molecule has 2 N–H and O–H groups in total. The molecular formula is C26H18Cl3N3O5. The number of amides is 3. The predicted molar refractivity (Wildman–Crippen MR) is 142 cm³/mol. The van der Waals surface area contributed by atoms with Crippen molar-refractivity contribution >= 4 is 75.6 Å². The number of rotatable bonds is 7. The lowest BCUT2D eigenvalue weighted by Crippen LogP contribution is -2.32. The van der Waals surface area contributed by atoms with Crippen LogP contribution in [0.2, 0.25) is 10.0 Å². The van der Waals surface area contributed by atoms with E-state index in [1.54, 1.807) is 37.3 Å². The summed E-state index contributed by atoms with van der Waals surface area (Å²) in [7, 11) is 0. The summed E-state index contributed by atoms with van der Waals surface area (Å²) in [4.78, 5) is 51.4. The van der Waals surface area contributed by atoms with Crippen LogP contribution in [0, 0.1) is 0 Å². The van der Waals surface area contributed by atoms with Crippen molar-refractivity contribution in [3.05, 3.63) is 98.6 Å². The SMILES string of the molecule is CCOC(=O)c1cccc(N2C(=O)C(Cl)=C(Nc3ccc(C(=O)Nc4cccc(Cl)c4Cl)cc3)C2=O)c1. The van der Waals surface area contributed by atoms with Crippen LogP contribution in [0.3, 0.4) is 0 Å². The Hall–Kier alpha value is -3.85. The minimum absolute atomic E-state index is 0.142. The fourth-order valence-electron chi connectivity index (χ4n) is 3.48. The molecule has 1 aliphatic heterocycles. The van der Waals surface area contributed by atoms with Crippen molar-refractivity contribution in [2.45, 2.75) is 6.92 Å². The third kappa shape index (κ3) is 5.46. The molecule has 3 amide bonds. The molecule has 3 aromatic rings. The van der Waals surface area contributed by atoms with Gasteiger partial charge in [0.15, 0.2) is 0 Å². The number of esters is 1. The lowest BCUT2D eigenvalue weighted by molar-refractivity contribution is -0.120. The molecule has 4 rings (SSSR count). The quantitative estimate of drug-likeness (QED) is 0.278. The summed E-state index contributed by atoms with van der Waals surface area (Å²) in [5, 5.41) is 5.73. The summed E-state index contributed by atoms with van der Waals surface area (Å²) in [6, 6.07) is 16.9. The number of nitrogens with zero attached hydrogens (tertiary/aromatic N) is 1. The molecule has 188 valence electrons. The van der Waals surface area contributed by atoms with Gasteiger partial charge in [0, 0.05) is 11.3 Å². The highest BCUT2D eigenvalue weighted by Crippen LogP contribution is 2.32. The van der Waals surface area contributed by atoms with Crippen LogP contribution < -0.4 is 15.5 Å². The lowest BCUT2D eigenvalue weighted by atomic mass is 10.1. The second-order valence-corrected chi connectivity index (χ2v) is 8.83. The normalized spacial score (nSPS) is 13.1. The molecule has 0 bridgehead atoms. The highest BCUT2D eigenvalue weighted by atomic mass is 35.5. The highest BCUT2D eigenvalue weighted by Gasteiger charge is 2.39. The smallest absolute Gasteiger partial charge is 0.338 e. The first-order valence-corrected chi connectivity index (χ1v) is 12.0. The van der Waals surface area contributed by atoms with Crippen molar-refractivity contribution < 1.29 is 23.9 Å². The van der Waals surface area contributed by atoms with Gasteiger partial charge in [-0.05, 0) is 61.5 Å². The number of anilines is 3. The molecule has 0 atom stereocenters. The Balaban J connectivity index is 1.49. The van der Waals surface area contributed by atoms with E-state index in [0.29, 0.717) is 22.0 Å². The lowest BCUT2D eigenvalue weighted by Gasteiger charge is -2.16. The first kappa shape index (κ1) is 26.2. The van der Waals surface area contributed by atoms with Crippen LogP contribution in [0.1, 0.15) is 27.6 Å². The largest absolute Gasteiger partial charge is 0.462 e. The molecule has 3 aromatic carbocycles. The first-order valence-electron chi connectivity index (χ1n) is 10.9. The summed E-state index contributed by atoms with van der Waals surface area (Å²) in [5.74, 6) is -2.45. The van der Waals surface area contributed by atoms with Gasteiger partial charge in [0.1, 0.15) is 10.7 Å². The topological polar surface area (TPSA) is 105 Å². The summed E-state index contributed by atoms with van der Waals surface area (Å²) >= 11 is 18.3. The monoisotopic (exact) mass is 557 g/mol. The fraction of sp³-hybridized carbons (Fsp3) is 0.0769. The number of imide groups is 1. The van der Waals surface area contributed by atoms with Crippen molar-refractivity contribution in [3.8, 4) is 0 Å². The van der Waals surface area contributed by atoms with Gasteiger partial charge in [-0.3, -0.25) is 14.4 Å². The van der Waals surface area contributed by atoms with Gasteiger partial charge < -0.3 is 15.4 Å². The zero-order valence-electron chi connectivity index (χ0n) is 19.2. The van der Waals surface area contributed by atoms with E-state index < -0.39 is 23.7 Å². The second-order valence-electron chi connectivity index (χ2n) is 7.66. The third-order valence-electron chi connectivity index (χ3n) is 5.26. The molecule has 0 unspecified atom stereocenters. The Labute approximate surface area is 226 Å². The van der Waals surface area contributed by atoms with E-state index in [2.05, 4.69) is 10.6 Å². The van der Waals surface area contributed by atoms with Crippen molar-refractivity contribution in [3.63, 3.8) is 0 Å². The number of ether oxygens (including phenoxy) is 1. The van der Waals surface area contributed by atoms with Crippen LogP contribution in [0.4, 0.5) is 17.1 Å². The zero-order chi connectivity index (χ0) is 26.7. The van der Waals surface area contributed by atoms with Crippen LogP contribution >= 0.6 is 34.8 Å². The Bertz CT molecular complexity index is 1450. The van der Waals surface area contributed by atoms with E-state index in [0.717, 1.165) is 4.90 Å². The number of carbonyl (C=O) groups is 4. The summed E-state index contributed by atoms with van der Waals surface area (Å²) in [6.45, 7) is 1.85. The molecule has 0 spiro atoms. The molecule has 0 aliphatic carbocycles. The van der Waals surface area contributed by atoms with Crippen molar-refractivity contribution in [2.75, 3.05) is 22.1 Å². The van der Waals surface area contributed by atoms with Gasteiger partial charge in [-0.25, -0.2) is 9.69 Å². The molecule has 0 aromatic heterocycles. The molecule has 0 saturated carbocycles. The van der Waals surface area contributed by atoms with Crippen molar-refractivity contribution in [1.82, 2.24) is 0 Å². The molecule has 0 radical (unpaired) electrons. The molecule has 8 nitrogen and oxygen atoms in total. The highest BCUT2D eigenvalue weighted by molar-refractivity contribution is 6.53. The fourth-order valence-corrected chi connectivity index (χ4v) is 4.04. The Kier molecular flexibility index (Phi) is 7.83. The number of benzene rings is 3. The van der Waals surface area contributed by atoms with Gasteiger partial charge in [-0.15, -0.1) is 0 Å².